The van der Waals surface area contributed by atoms with Gasteiger partial charge in [0.2, 0.25) is 10.0 Å². The van der Waals surface area contributed by atoms with Crippen molar-refractivity contribution in [1.29, 1.82) is 0 Å². The number of aromatic nitrogens is 1. The van der Waals surface area contributed by atoms with Crippen LogP contribution in [0.3, 0.4) is 0 Å². The molecule has 0 spiro atoms. The van der Waals surface area contributed by atoms with E-state index in [4.69, 9.17) is 4.98 Å². The third kappa shape index (κ3) is 4.81. The Kier molecular flexibility index (Phi) is 7.11. The van der Waals surface area contributed by atoms with Gasteiger partial charge in [-0.15, -0.1) is 22.7 Å². The van der Waals surface area contributed by atoms with Crippen molar-refractivity contribution < 1.29 is 13.2 Å². The summed E-state index contributed by atoms with van der Waals surface area (Å²) in [4.78, 5) is 19.8. The first-order valence-electron chi connectivity index (χ1n) is 13.3. The van der Waals surface area contributed by atoms with E-state index in [1.165, 1.54) is 21.2 Å². The van der Waals surface area contributed by atoms with Gasteiger partial charge < -0.3 is 5.32 Å². The van der Waals surface area contributed by atoms with Crippen LogP contribution in [0.25, 0.3) is 20.8 Å². The van der Waals surface area contributed by atoms with Crippen LogP contribution >= 0.6 is 22.7 Å². The largest absolute Gasteiger partial charge is 0.313 e. The molecule has 0 aliphatic heterocycles. The average Bonchev–Trinajstić information content (AvgIpc) is 3.53. The quantitative estimate of drug-likeness (QED) is 0.270. The molecule has 1 saturated carbocycles. The predicted molar refractivity (Wildman–Crippen MR) is 156 cm³/mol. The second-order valence-corrected chi connectivity index (χ2v) is 14.3. The summed E-state index contributed by atoms with van der Waals surface area (Å²) in [5, 5.41) is 4.91. The summed E-state index contributed by atoms with van der Waals surface area (Å²) in [5.74, 6) is -0.240. The Morgan fingerprint density at radius 3 is 2.45 bits per heavy atom. The highest BCUT2D eigenvalue weighted by molar-refractivity contribution is 7.89. The maximum absolute atomic E-state index is 13.3. The summed E-state index contributed by atoms with van der Waals surface area (Å²) < 4.78 is 29.1. The highest BCUT2D eigenvalue weighted by Gasteiger charge is 2.29. The molecule has 38 heavy (non-hydrogen) atoms. The smallest absolute Gasteiger partial charge is 0.256 e. The van der Waals surface area contributed by atoms with Crippen molar-refractivity contribution in [2.45, 2.75) is 68.7 Å². The molecule has 9 heteroatoms. The first-order chi connectivity index (χ1) is 18.4. The van der Waals surface area contributed by atoms with Gasteiger partial charge in [0.15, 0.2) is 0 Å². The molecule has 2 aromatic heterocycles. The first kappa shape index (κ1) is 25.7. The fourth-order valence-corrected chi connectivity index (χ4v) is 9.43. The lowest BCUT2D eigenvalue weighted by Gasteiger charge is -2.30. The van der Waals surface area contributed by atoms with Crippen molar-refractivity contribution in [3.8, 4) is 10.6 Å². The van der Waals surface area contributed by atoms with Gasteiger partial charge in [-0.25, -0.2) is 13.4 Å². The van der Waals surface area contributed by atoms with E-state index in [2.05, 4.69) is 11.4 Å². The summed E-state index contributed by atoms with van der Waals surface area (Å²) in [6, 6.07) is 14.5. The lowest BCUT2D eigenvalue weighted by Crippen LogP contribution is -2.38. The monoisotopic (exact) mass is 565 g/mol. The van der Waals surface area contributed by atoms with Gasteiger partial charge >= 0.3 is 0 Å². The van der Waals surface area contributed by atoms with Crippen LogP contribution in [0.5, 0.6) is 0 Å². The number of thiophene rings is 1. The van der Waals surface area contributed by atoms with Crippen molar-refractivity contribution in [2.24, 2.45) is 0 Å². The number of anilines is 1. The Hall–Kier alpha value is -2.59. The predicted octanol–water partition coefficient (Wildman–Crippen LogP) is 7.11. The molecule has 0 bridgehead atoms. The molecule has 6 nitrogen and oxygen atoms in total. The van der Waals surface area contributed by atoms with E-state index < -0.39 is 10.0 Å². The van der Waals surface area contributed by atoms with Gasteiger partial charge in [0.05, 0.1) is 15.1 Å². The van der Waals surface area contributed by atoms with E-state index in [0.717, 1.165) is 77.2 Å². The average molecular weight is 566 g/mol. The Morgan fingerprint density at radius 1 is 0.947 bits per heavy atom. The summed E-state index contributed by atoms with van der Waals surface area (Å²) in [5.41, 5.74) is 3.76. The number of benzene rings is 2. The van der Waals surface area contributed by atoms with Gasteiger partial charge in [0.1, 0.15) is 10.0 Å². The van der Waals surface area contributed by atoms with E-state index in [1.54, 1.807) is 54.0 Å². The van der Waals surface area contributed by atoms with Gasteiger partial charge in [-0.3, -0.25) is 4.79 Å². The molecule has 2 aromatic carbocycles. The summed E-state index contributed by atoms with van der Waals surface area (Å²) in [6.45, 7) is 0. The SMILES string of the molecule is CN(C1CCCCC1)S(=O)(=O)c1ccc(C(=O)Nc2sc3c(c2-c2nc4ccccc4s2)CCCC3)cc1. The zero-order chi connectivity index (χ0) is 26.3. The van der Waals surface area contributed by atoms with Gasteiger partial charge in [0.25, 0.3) is 5.91 Å². The summed E-state index contributed by atoms with van der Waals surface area (Å²) >= 11 is 3.31. The molecule has 198 valence electrons. The molecule has 2 aliphatic rings. The highest BCUT2D eigenvalue weighted by atomic mass is 32.2. The van der Waals surface area contributed by atoms with Crippen molar-refractivity contribution in [1.82, 2.24) is 9.29 Å². The first-order valence-corrected chi connectivity index (χ1v) is 16.4. The molecular formula is C29H31N3O3S3. The number of nitrogens with one attached hydrogen (secondary N) is 1. The number of aryl methyl sites for hydroxylation is 1. The van der Waals surface area contributed by atoms with Gasteiger partial charge in [0, 0.05) is 29.1 Å². The van der Waals surface area contributed by atoms with E-state index in [-0.39, 0.29) is 16.8 Å². The summed E-state index contributed by atoms with van der Waals surface area (Å²) in [7, 11) is -1.93. The van der Waals surface area contributed by atoms with E-state index >= 15 is 0 Å². The van der Waals surface area contributed by atoms with Crippen molar-refractivity contribution in [3.05, 3.63) is 64.5 Å². The lowest BCUT2D eigenvalue weighted by molar-refractivity contribution is 0.102. The molecule has 0 unspecified atom stereocenters. The number of hydrogen-bond acceptors (Lipinski definition) is 6. The molecule has 2 heterocycles. The number of sulfonamides is 1. The van der Waals surface area contributed by atoms with Crippen LogP contribution in [-0.2, 0) is 22.9 Å². The highest BCUT2D eigenvalue weighted by Crippen LogP contribution is 2.46. The molecule has 6 rings (SSSR count). The van der Waals surface area contributed by atoms with Crippen LogP contribution in [-0.4, -0.2) is 36.7 Å². The number of rotatable bonds is 6. The maximum atomic E-state index is 13.3. The van der Waals surface area contributed by atoms with Crippen LogP contribution in [0, 0.1) is 0 Å². The fraction of sp³-hybridized carbons (Fsp3) is 0.379. The molecule has 0 saturated heterocycles. The summed E-state index contributed by atoms with van der Waals surface area (Å²) in [6.07, 6.45) is 9.41. The maximum Gasteiger partial charge on any atom is 0.256 e. The molecule has 4 aromatic rings. The minimum absolute atomic E-state index is 0.0440. The number of carbonyl (C=O) groups excluding carboxylic acids is 1. The fourth-order valence-electron chi connectivity index (χ4n) is 5.62. The van der Waals surface area contributed by atoms with Crippen LogP contribution in [0.2, 0.25) is 0 Å². The van der Waals surface area contributed by atoms with Crippen LogP contribution in [0.1, 0.15) is 65.7 Å². The van der Waals surface area contributed by atoms with Crippen LogP contribution < -0.4 is 5.32 Å². The molecular weight excluding hydrogens is 535 g/mol. The van der Waals surface area contributed by atoms with Crippen molar-refractivity contribution >= 4 is 53.8 Å². The molecule has 1 N–H and O–H groups in total. The second kappa shape index (κ2) is 10.5. The minimum atomic E-state index is -3.60. The van der Waals surface area contributed by atoms with E-state index in [9.17, 15) is 13.2 Å². The molecule has 1 amide bonds. The number of hydrogen-bond donors (Lipinski definition) is 1. The standard InChI is InChI=1S/C29H31N3O3S3/c1-32(20-9-3-2-4-10-20)38(34,35)21-17-15-19(16-18-21)27(33)31-29-26(22-11-5-7-13-24(22)36-29)28-30-23-12-6-8-14-25(23)37-28/h6,8,12,14-18,20H,2-5,7,9-11,13H2,1H3,(H,31,33). The molecule has 2 aliphatic carbocycles. The van der Waals surface area contributed by atoms with Crippen LogP contribution in [0.4, 0.5) is 5.00 Å². The second-order valence-electron chi connectivity index (χ2n) is 10.2. The van der Waals surface area contributed by atoms with Gasteiger partial charge in [-0.1, -0.05) is 31.4 Å². The topological polar surface area (TPSA) is 79.4 Å². The van der Waals surface area contributed by atoms with Gasteiger partial charge in [-0.2, -0.15) is 4.31 Å². The van der Waals surface area contributed by atoms with E-state index in [0.29, 0.717) is 5.56 Å². The van der Waals surface area contributed by atoms with E-state index in [1.807, 2.05) is 18.2 Å². The minimum Gasteiger partial charge on any atom is -0.313 e. The number of thiazole rings is 1. The van der Waals surface area contributed by atoms with Crippen molar-refractivity contribution in [2.75, 3.05) is 12.4 Å². The Bertz CT molecular complexity index is 1550. The Morgan fingerprint density at radius 2 is 1.68 bits per heavy atom. The normalized spacial score (nSPS) is 16.6. The Labute approximate surface area is 231 Å². The molecule has 1 fully saturated rings. The third-order valence-corrected chi connectivity index (χ3v) is 12.0. The molecule has 0 atom stereocenters. The molecule has 0 radical (unpaired) electrons. The Balaban J connectivity index is 1.26. The number of carbonyl (C=O) groups is 1. The van der Waals surface area contributed by atoms with Crippen molar-refractivity contribution in [3.63, 3.8) is 0 Å². The third-order valence-electron chi connectivity index (χ3n) is 7.79. The number of nitrogens with zero attached hydrogens (tertiary/aromatic N) is 2. The lowest BCUT2D eigenvalue weighted by atomic mass is 9.95. The number of para-hydroxylation sites is 1. The van der Waals surface area contributed by atoms with Gasteiger partial charge in [-0.05, 0) is 80.5 Å². The number of fused-ring (bicyclic) bond motifs is 2. The zero-order valence-electron chi connectivity index (χ0n) is 21.4. The van der Waals surface area contributed by atoms with Crippen LogP contribution in [0.15, 0.2) is 53.4 Å². The zero-order valence-corrected chi connectivity index (χ0v) is 23.9. The number of amides is 1.